The second kappa shape index (κ2) is 7.27. The first-order valence-electron chi connectivity index (χ1n) is 5.98. The van der Waals surface area contributed by atoms with Gasteiger partial charge in [-0.25, -0.2) is 0 Å². The van der Waals surface area contributed by atoms with E-state index in [0.717, 1.165) is 10.9 Å². The standard InChI is InChI=1S/C13H15Br2ClO3/c1-17-4-5-18-13-9(15)7-12(13)19-11-3-2-8(14)6-10(11)16/h2-3,6,9,12-13H,4-5,7H2,1H3. The van der Waals surface area contributed by atoms with E-state index in [1.54, 1.807) is 7.11 Å². The highest BCUT2D eigenvalue weighted by molar-refractivity contribution is 9.10. The van der Waals surface area contributed by atoms with E-state index in [9.17, 15) is 0 Å². The first-order chi connectivity index (χ1) is 9.11. The van der Waals surface area contributed by atoms with Gasteiger partial charge in [0.1, 0.15) is 18.0 Å². The SMILES string of the molecule is COCCOC1C(Br)CC1Oc1ccc(Br)cc1Cl. The van der Waals surface area contributed by atoms with Crippen molar-refractivity contribution >= 4 is 43.5 Å². The predicted molar refractivity (Wildman–Crippen MR) is 82.5 cm³/mol. The van der Waals surface area contributed by atoms with Gasteiger partial charge in [0.05, 0.1) is 18.2 Å². The topological polar surface area (TPSA) is 27.7 Å². The largest absolute Gasteiger partial charge is 0.486 e. The maximum atomic E-state index is 6.14. The molecule has 0 heterocycles. The smallest absolute Gasteiger partial charge is 0.138 e. The molecule has 0 aromatic heterocycles. The van der Waals surface area contributed by atoms with Crippen LogP contribution in [-0.2, 0) is 9.47 Å². The van der Waals surface area contributed by atoms with Gasteiger partial charge in [0.2, 0.25) is 0 Å². The summed E-state index contributed by atoms with van der Waals surface area (Å²) in [5.41, 5.74) is 0. The number of hydrogen-bond donors (Lipinski definition) is 0. The van der Waals surface area contributed by atoms with Crippen LogP contribution < -0.4 is 4.74 Å². The van der Waals surface area contributed by atoms with Crippen molar-refractivity contribution in [1.29, 1.82) is 0 Å². The molecule has 0 aliphatic heterocycles. The molecule has 1 aliphatic rings. The second-order valence-electron chi connectivity index (χ2n) is 4.31. The predicted octanol–water partition coefficient (Wildman–Crippen LogP) is 4.05. The Labute approximate surface area is 134 Å². The minimum Gasteiger partial charge on any atom is -0.486 e. The van der Waals surface area contributed by atoms with Crippen LogP contribution in [0.2, 0.25) is 5.02 Å². The van der Waals surface area contributed by atoms with Gasteiger partial charge >= 0.3 is 0 Å². The molecule has 1 aliphatic carbocycles. The quantitative estimate of drug-likeness (QED) is 0.519. The molecule has 2 rings (SSSR count). The second-order valence-corrected chi connectivity index (χ2v) is 6.81. The van der Waals surface area contributed by atoms with Crippen molar-refractivity contribution in [1.82, 2.24) is 0 Å². The first kappa shape index (κ1) is 15.6. The first-order valence-corrected chi connectivity index (χ1v) is 8.07. The monoisotopic (exact) mass is 412 g/mol. The van der Waals surface area contributed by atoms with Crippen molar-refractivity contribution in [2.75, 3.05) is 20.3 Å². The highest BCUT2D eigenvalue weighted by atomic mass is 79.9. The Bertz CT molecular complexity index is 430. The molecule has 0 saturated heterocycles. The van der Waals surface area contributed by atoms with E-state index in [2.05, 4.69) is 31.9 Å². The Morgan fingerprint density at radius 2 is 2.16 bits per heavy atom. The summed E-state index contributed by atoms with van der Waals surface area (Å²) in [6.07, 6.45) is 0.971. The summed E-state index contributed by atoms with van der Waals surface area (Å²) in [5.74, 6) is 0.689. The lowest BCUT2D eigenvalue weighted by molar-refractivity contribution is -0.0865. The molecule has 1 saturated carbocycles. The summed E-state index contributed by atoms with van der Waals surface area (Å²) >= 11 is 13.1. The molecule has 0 amide bonds. The van der Waals surface area contributed by atoms with Crippen molar-refractivity contribution in [3.05, 3.63) is 27.7 Å². The third kappa shape index (κ3) is 4.08. The van der Waals surface area contributed by atoms with Gasteiger partial charge in [0.15, 0.2) is 0 Å². The molecule has 1 fully saturated rings. The maximum absolute atomic E-state index is 6.14. The molecule has 6 heteroatoms. The zero-order valence-corrected chi connectivity index (χ0v) is 14.4. The average Bonchev–Trinajstić information content (AvgIpc) is 2.37. The van der Waals surface area contributed by atoms with E-state index in [-0.39, 0.29) is 12.2 Å². The van der Waals surface area contributed by atoms with Crippen LogP contribution in [0.4, 0.5) is 0 Å². The van der Waals surface area contributed by atoms with Crippen molar-refractivity contribution in [3.63, 3.8) is 0 Å². The molecule has 0 N–H and O–H groups in total. The van der Waals surface area contributed by atoms with Crippen molar-refractivity contribution in [2.45, 2.75) is 23.5 Å². The van der Waals surface area contributed by atoms with E-state index in [0.29, 0.717) is 28.8 Å². The molecule has 0 bridgehead atoms. The molecular weight excluding hydrogens is 399 g/mol. The van der Waals surface area contributed by atoms with Gasteiger partial charge in [-0.15, -0.1) is 0 Å². The lowest BCUT2D eigenvalue weighted by atomic mass is 9.91. The Kier molecular flexibility index (Phi) is 5.96. The molecule has 106 valence electrons. The molecule has 19 heavy (non-hydrogen) atoms. The van der Waals surface area contributed by atoms with Gasteiger partial charge in [-0.3, -0.25) is 0 Å². The summed E-state index contributed by atoms with van der Waals surface area (Å²) in [4.78, 5) is 0.323. The molecular formula is C13H15Br2ClO3. The lowest BCUT2D eigenvalue weighted by Crippen LogP contribution is -2.52. The van der Waals surface area contributed by atoms with E-state index in [4.69, 9.17) is 25.8 Å². The zero-order valence-electron chi connectivity index (χ0n) is 10.4. The summed E-state index contributed by atoms with van der Waals surface area (Å²) in [7, 11) is 1.66. The fourth-order valence-electron chi connectivity index (χ4n) is 1.86. The van der Waals surface area contributed by atoms with E-state index < -0.39 is 0 Å². The number of benzene rings is 1. The van der Waals surface area contributed by atoms with Crippen LogP contribution in [0.25, 0.3) is 0 Å². The maximum Gasteiger partial charge on any atom is 0.138 e. The van der Waals surface area contributed by atoms with Crippen LogP contribution in [0.5, 0.6) is 5.75 Å². The molecule has 1 aromatic rings. The minimum atomic E-state index is 0.0277. The molecule has 0 radical (unpaired) electrons. The van der Waals surface area contributed by atoms with Gasteiger partial charge in [0, 0.05) is 22.8 Å². The normalized spacial score (nSPS) is 26.0. The van der Waals surface area contributed by atoms with Crippen LogP contribution in [0.3, 0.4) is 0 Å². The van der Waals surface area contributed by atoms with E-state index in [1.165, 1.54) is 0 Å². The minimum absolute atomic E-state index is 0.0277. The summed E-state index contributed by atoms with van der Waals surface area (Å²) in [6.45, 7) is 1.15. The third-order valence-electron chi connectivity index (χ3n) is 2.95. The van der Waals surface area contributed by atoms with Gasteiger partial charge in [-0.05, 0) is 18.2 Å². The van der Waals surface area contributed by atoms with Crippen molar-refractivity contribution < 1.29 is 14.2 Å². The Morgan fingerprint density at radius 3 is 2.79 bits per heavy atom. The fourth-order valence-corrected chi connectivity index (χ4v) is 3.43. The van der Waals surface area contributed by atoms with Gasteiger partial charge in [-0.2, -0.15) is 0 Å². The Morgan fingerprint density at radius 1 is 1.37 bits per heavy atom. The van der Waals surface area contributed by atoms with Crippen LogP contribution in [0.15, 0.2) is 22.7 Å². The summed E-state index contributed by atoms with van der Waals surface area (Å²) in [5, 5.41) is 0.600. The van der Waals surface area contributed by atoms with E-state index >= 15 is 0 Å². The third-order valence-corrected chi connectivity index (χ3v) is 4.63. The van der Waals surface area contributed by atoms with Crippen LogP contribution in [-0.4, -0.2) is 37.4 Å². The van der Waals surface area contributed by atoms with Crippen LogP contribution >= 0.6 is 43.5 Å². The number of ether oxygens (including phenoxy) is 3. The number of hydrogen-bond acceptors (Lipinski definition) is 3. The lowest BCUT2D eigenvalue weighted by Gasteiger charge is -2.41. The number of rotatable bonds is 6. The zero-order chi connectivity index (χ0) is 13.8. The van der Waals surface area contributed by atoms with Gasteiger partial charge in [-0.1, -0.05) is 43.5 Å². The fraction of sp³-hybridized carbons (Fsp3) is 0.538. The highest BCUT2D eigenvalue weighted by Gasteiger charge is 2.42. The number of halogens is 3. The van der Waals surface area contributed by atoms with Crippen molar-refractivity contribution in [3.8, 4) is 5.75 Å². The van der Waals surface area contributed by atoms with Gasteiger partial charge < -0.3 is 14.2 Å². The summed E-state index contributed by atoms with van der Waals surface area (Å²) < 4.78 is 17.5. The van der Waals surface area contributed by atoms with Crippen molar-refractivity contribution in [2.24, 2.45) is 0 Å². The Balaban J connectivity index is 1.91. The molecule has 3 unspecified atom stereocenters. The van der Waals surface area contributed by atoms with Gasteiger partial charge in [0.25, 0.3) is 0 Å². The number of alkyl halides is 1. The summed E-state index contributed by atoms with van der Waals surface area (Å²) in [6, 6.07) is 5.59. The molecule has 1 aromatic carbocycles. The molecule has 3 atom stereocenters. The molecule has 3 nitrogen and oxygen atoms in total. The average molecular weight is 415 g/mol. The molecule has 0 spiro atoms. The van der Waals surface area contributed by atoms with Crippen LogP contribution in [0, 0.1) is 0 Å². The van der Waals surface area contributed by atoms with Crippen LogP contribution in [0.1, 0.15) is 6.42 Å². The number of methoxy groups -OCH3 is 1. The Hall–Kier alpha value is 0.190. The van der Waals surface area contributed by atoms with E-state index in [1.807, 2.05) is 18.2 Å². The highest BCUT2D eigenvalue weighted by Crippen LogP contribution is 2.37.